The molecule has 0 saturated carbocycles. The van der Waals surface area contributed by atoms with Gasteiger partial charge >= 0.3 is 0 Å². The van der Waals surface area contributed by atoms with Gasteiger partial charge in [-0.3, -0.25) is 14.4 Å². The Balaban J connectivity index is 1.26. The zero-order chi connectivity index (χ0) is 19.7. The first-order valence-electron chi connectivity index (χ1n) is 10.2. The Hall–Kier alpha value is -1.77. The quantitative estimate of drug-likeness (QED) is 0.828. The second kappa shape index (κ2) is 8.31. The van der Waals surface area contributed by atoms with Crippen LogP contribution in [-0.2, 0) is 13.1 Å². The van der Waals surface area contributed by atoms with Crippen LogP contribution in [-0.4, -0.2) is 62.9 Å². The summed E-state index contributed by atoms with van der Waals surface area (Å²) < 4.78 is 1.97. The molecule has 0 bridgehead atoms. The van der Waals surface area contributed by atoms with E-state index in [1.165, 1.54) is 10.4 Å². The van der Waals surface area contributed by atoms with Crippen molar-refractivity contribution < 1.29 is 4.79 Å². The number of nitrogens with zero attached hydrogens (tertiary/aromatic N) is 5. The van der Waals surface area contributed by atoms with Gasteiger partial charge in [-0.25, -0.2) is 0 Å². The molecule has 2 aliphatic heterocycles. The van der Waals surface area contributed by atoms with Crippen molar-refractivity contribution in [1.82, 2.24) is 24.8 Å². The molecule has 28 heavy (non-hydrogen) atoms. The van der Waals surface area contributed by atoms with Crippen molar-refractivity contribution in [2.45, 2.75) is 52.2 Å². The van der Waals surface area contributed by atoms with Crippen molar-refractivity contribution in [1.29, 1.82) is 0 Å². The average Bonchev–Trinajstić information content (AvgIpc) is 3.38. The van der Waals surface area contributed by atoms with Crippen molar-refractivity contribution >= 4 is 17.2 Å². The zero-order valence-electron chi connectivity index (χ0n) is 16.8. The number of aromatic nitrogens is 3. The zero-order valence-corrected chi connectivity index (χ0v) is 17.6. The molecule has 0 unspecified atom stereocenters. The fourth-order valence-electron chi connectivity index (χ4n) is 4.15. The minimum absolute atomic E-state index is 0.187. The SMILES string of the molecule is Cc1cc(C(=O)N2CCC(Cn3cc(CN4CC[C@@H](N)C4)nn3)CC2)sc1C. The minimum Gasteiger partial charge on any atom is -0.338 e. The molecule has 4 heterocycles. The van der Waals surface area contributed by atoms with Crippen molar-refractivity contribution in [2.24, 2.45) is 11.7 Å². The molecule has 0 aromatic carbocycles. The molecular formula is C20H30N6OS. The van der Waals surface area contributed by atoms with Crippen LogP contribution in [0.15, 0.2) is 12.3 Å². The fraction of sp³-hybridized carbons (Fsp3) is 0.650. The van der Waals surface area contributed by atoms with Crippen LogP contribution >= 0.6 is 11.3 Å². The molecule has 2 saturated heterocycles. The van der Waals surface area contributed by atoms with E-state index in [4.69, 9.17) is 5.73 Å². The molecule has 2 aromatic heterocycles. The average molecular weight is 403 g/mol. The number of amides is 1. The third kappa shape index (κ3) is 4.45. The van der Waals surface area contributed by atoms with Crippen LogP contribution in [0.4, 0.5) is 0 Å². The first-order valence-corrected chi connectivity index (χ1v) is 11.0. The standard InChI is InChI=1S/C20H30N6OS/c1-14-9-19(28-15(14)2)20(27)25-7-3-16(4-8-25)10-26-13-18(22-23-26)12-24-6-5-17(21)11-24/h9,13,16-17H,3-8,10-12,21H2,1-2H3/t17-/m1/s1. The maximum absolute atomic E-state index is 12.7. The number of rotatable bonds is 5. The predicted octanol–water partition coefficient (Wildman–Crippen LogP) is 2.04. The molecule has 1 atom stereocenters. The van der Waals surface area contributed by atoms with Crippen molar-refractivity contribution in [3.05, 3.63) is 33.3 Å². The number of hydrogen-bond acceptors (Lipinski definition) is 6. The Morgan fingerprint density at radius 3 is 2.68 bits per heavy atom. The van der Waals surface area contributed by atoms with E-state index in [9.17, 15) is 4.79 Å². The topological polar surface area (TPSA) is 80.3 Å². The van der Waals surface area contributed by atoms with Gasteiger partial charge < -0.3 is 10.6 Å². The lowest BCUT2D eigenvalue weighted by atomic mass is 9.96. The molecule has 7 nitrogen and oxygen atoms in total. The van der Waals surface area contributed by atoms with Crippen molar-refractivity contribution in [2.75, 3.05) is 26.2 Å². The maximum Gasteiger partial charge on any atom is 0.263 e. The van der Waals surface area contributed by atoms with Gasteiger partial charge in [0.25, 0.3) is 5.91 Å². The molecule has 0 spiro atoms. The Kier molecular flexibility index (Phi) is 5.80. The van der Waals surface area contributed by atoms with Gasteiger partial charge in [0.1, 0.15) is 0 Å². The Bertz CT molecular complexity index is 803. The summed E-state index contributed by atoms with van der Waals surface area (Å²) in [5, 5.41) is 8.65. The van der Waals surface area contributed by atoms with E-state index in [1.54, 1.807) is 11.3 Å². The molecule has 152 valence electrons. The first kappa shape index (κ1) is 19.5. The van der Waals surface area contributed by atoms with Crippen molar-refractivity contribution in [3.8, 4) is 0 Å². The predicted molar refractivity (Wildman–Crippen MR) is 110 cm³/mol. The lowest BCUT2D eigenvalue weighted by molar-refractivity contribution is 0.0686. The fourth-order valence-corrected chi connectivity index (χ4v) is 5.15. The third-order valence-electron chi connectivity index (χ3n) is 6.00. The van der Waals surface area contributed by atoms with Gasteiger partial charge in [0.2, 0.25) is 0 Å². The Morgan fingerprint density at radius 1 is 1.25 bits per heavy atom. The van der Waals surface area contributed by atoms with Crippen LogP contribution in [0.5, 0.6) is 0 Å². The minimum atomic E-state index is 0.187. The summed E-state index contributed by atoms with van der Waals surface area (Å²) in [6.07, 6.45) is 5.17. The van der Waals surface area contributed by atoms with Crippen LogP contribution in [0, 0.1) is 19.8 Å². The van der Waals surface area contributed by atoms with Crippen LogP contribution in [0.3, 0.4) is 0 Å². The highest BCUT2D eigenvalue weighted by molar-refractivity contribution is 7.14. The lowest BCUT2D eigenvalue weighted by Crippen LogP contribution is -2.39. The number of nitrogens with two attached hydrogens (primary N) is 1. The van der Waals surface area contributed by atoms with Gasteiger partial charge in [0, 0.05) is 56.4 Å². The summed E-state index contributed by atoms with van der Waals surface area (Å²) >= 11 is 1.61. The van der Waals surface area contributed by atoms with Gasteiger partial charge in [-0.2, -0.15) is 0 Å². The van der Waals surface area contributed by atoms with Gasteiger partial charge in [-0.15, -0.1) is 16.4 Å². The summed E-state index contributed by atoms with van der Waals surface area (Å²) in [6, 6.07) is 2.32. The summed E-state index contributed by atoms with van der Waals surface area (Å²) in [4.78, 5) is 19.2. The Labute approximate surface area is 170 Å². The molecule has 4 rings (SSSR count). The van der Waals surface area contributed by atoms with E-state index in [1.807, 2.05) is 15.6 Å². The highest BCUT2D eigenvalue weighted by Gasteiger charge is 2.25. The summed E-state index contributed by atoms with van der Waals surface area (Å²) in [5.74, 6) is 0.733. The van der Waals surface area contributed by atoms with Crippen LogP contribution in [0.2, 0.25) is 0 Å². The number of carbonyl (C=O) groups is 1. The smallest absolute Gasteiger partial charge is 0.263 e. The van der Waals surface area contributed by atoms with E-state index in [0.29, 0.717) is 12.0 Å². The largest absolute Gasteiger partial charge is 0.338 e. The molecule has 2 aliphatic rings. The first-order chi connectivity index (χ1) is 13.5. The van der Waals surface area contributed by atoms with Crippen molar-refractivity contribution in [3.63, 3.8) is 0 Å². The Morgan fingerprint density at radius 2 is 2.04 bits per heavy atom. The number of hydrogen-bond donors (Lipinski definition) is 1. The highest BCUT2D eigenvalue weighted by atomic mass is 32.1. The van der Waals surface area contributed by atoms with Gasteiger partial charge in [0.05, 0.1) is 10.6 Å². The summed E-state index contributed by atoms with van der Waals surface area (Å²) in [6.45, 7) is 9.50. The molecular weight excluding hydrogens is 372 g/mol. The molecule has 2 aromatic rings. The number of likely N-dealkylation sites (tertiary alicyclic amines) is 2. The van der Waals surface area contributed by atoms with Crippen LogP contribution in [0.25, 0.3) is 0 Å². The van der Waals surface area contributed by atoms with E-state index in [-0.39, 0.29) is 5.91 Å². The highest BCUT2D eigenvalue weighted by Crippen LogP contribution is 2.25. The third-order valence-corrected chi connectivity index (χ3v) is 7.14. The molecule has 0 radical (unpaired) electrons. The van der Waals surface area contributed by atoms with E-state index in [0.717, 1.165) is 69.1 Å². The molecule has 0 aliphatic carbocycles. The van der Waals surface area contributed by atoms with Gasteiger partial charge in [-0.05, 0) is 50.7 Å². The number of thiophene rings is 1. The van der Waals surface area contributed by atoms with E-state index >= 15 is 0 Å². The lowest BCUT2D eigenvalue weighted by Gasteiger charge is -2.31. The number of aryl methyl sites for hydroxylation is 2. The summed E-state index contributed by atoms with van der Waals surface area (Å²) in [5.41, 5.74) is 8.20. The number of piperidine rings is 1. The van der Waals surface area contributed by atoms with Crippen LogP contribution < -0.4 is 5.73 Å². The maximum atomic E-state index is 12.7. The normalized spacial score (nSPS) is 21.5. The second-order valence-corrected chi connectivity index (χ2v) is 9.56. The molecule has 1 amide bonds. The number of carbonyl (C=O) groups excluding carboxylic acids is 1. The second-order valence-electron chi connectivity index (χ2n) is 8.30. The van der Waals surface area contributed by atoms with E-state index < -0.39 is 0 Å². The monoisotopic (exact) mass is 402 g/mol. The molecule has 8 heteroatoms. The summed E-state index contributed by atoms with van der Waals surface area (Å²) in [7, 11) is 0. The molecule has 2 N–H and O–H groups in total. The van der Waals surface area contributed by atoms with Gasteiger partial charge in [0.15, 0.2) is 0 Å². The molecule has 2 fully saturated rings. The van der Waals surface area contributed by atoms with E-state index in [2.05, 4.69) is 35.3 Å². The van der Waals surface area contributed by atoms with Gasteiger partial charge in [-0.1, -0.05) is 5.21 Å². The van der Waals surface area contributed by atoms with Crippen LogP contribution in [0.1, 0.15) is 45.1 Å².